The van der Waals surface area contributed by atoms with Gasteiger partial charge in [-0.25, -0.2) is 4.79 Å². The molecule has 0 aromatic heterocycles. The lowest BCUT2D eigenvalue weighted by molar-refractivity contribution is -0.132. The molecule has 1 rings (SSSR count). The molecule has 0 radical (unpaired) electrons. The number of benzene rings is 1. The van der Waals surface area contributed by atoms with Gasteiger partial charge in [0.25, 0.3) is 0 Å². The molecule has 0 aliphatic rings. The number of hydrogen-bond acceptors (Lipinski definition) is 2. The van der Waals surface area contributed by atoms with Gasteiger partial charge >= 0.3 is 5.97 Å². The van der Waals surface area contributed by atoms with Crippen molar-refractivity contribution in [3.8, 4) is 0 Å². The van der Waals surface area contributed by atoms with Crippen LogP contribution in [0.5, 0.6) is 0 Å². The summed E-state index contributed by atoms with van der Waals surface area (Å²) in [5, 5.41) is 12.1. The molecular weight excluding hydrogens is 282 g/mol. The Balaban J connectivity index is 2.65. The minimum absolute atomic E-state index is 0.437. The summed E-state index contributed by atoms with van der Waals surface area (Å²) in [6, 6.07) is 5.95. The molecule has 0 saturated carbocycles. The monoisotopic (exact) mass is 297 g/mol. The highest BCUT2D eigenvalue weighted by Crippen LogP contribution is 2.19. The topological polar surface area (TPSA) is 49.3 Å². The Hall–Kier alpha value is -1.29. The maximum absolute atomic E-state index is 10.8. The van der Waals surface area contributed by atoms with Crippen LogP contribution in [0.2, 0.25) is 0 Å². The van der Waals surface area contributed by atoms with Crippen molar-refractivity contribution in [3.63, 3.8) is 0 Å². The van der Waals surface area contributed by atoms with Crippen LogP contribution in [0.25, 0.3) is 0 Å². The van der Waals surface area contributed by atoms with Crippen LogP contribution >= 0.6 is 15.9 Å². The van der Waals surface area contributed by atoms with Crippen molar-refractivity contribution < 1.29 is 9.90 Å². The molecule has 1 aromatic rings. The first-order valence-electron chi connectivity index (χ1n) is 5.47. The first-order chi connectivity index (χ1) is 8.04. The molecular formula is C13H16BrNO2. The molecule has 2 N–H and O–H groups in total. The van der Waals surface area contributed by atoms with Crippen molar-refractivity contribution >= 4 is 27.6 Å². The first-order valence-corrected chi connectivity index (χ1v) is 6.26. The lowest BCUT2D eigenvalue weighted by Crippen LogP contribution is -2.05. The van der Waals surface area contributed by atoms with Crippen LogP contribution in [0.4, 0.5) is 5.69 Å². The summed E-state index contributed by atoms with van der Waals surface area (Å²) < 4.78 is 1.04. The zero-order valence-electron chi connectivity index (χ0n) is 9.96. The van der Waals surface area contributed by atoms with Gasteiger partial charge in [0.2, 0.25) is 0 Å². The summed E-state index contributed by atoms with van der Waals surface area (Å²) in [5.41, 5.74) is 2.58. The Morgan fingerprint density at radius 3 is 2.76 bits per heavy atom. The van der Waals surface area contributed by atoms with Gasteiger partial charge in [-0.15, -0.1) is 0 Å². The van der Waals surface area contributed by atoms with E-state index in [1.165, 1.54) is 0 Å². The van der Waals surface area contributed by atoms with Crippen LogP contribution in [0.15, 0.2) is 34.3 Å². The third-order valence-corrected chi connectivity index (χ3v) is 2.98. The van der Waals surface area contributed by atoms with Gasteiger partial charge in [0.15, 0.2) is 0 Å². The lowest BCUT2D eigenvalue weighted by Gasteiger charge is -2.08. The lowest BCUT2D eigenvalue weighted by atomic mass is 10.2. The zero-order chi connectivity index (χ0) is 12.8. The van der Waals surface area contributed by atoms with Gasteiger partial charge in [-0.1, -0.05) is 28.9 Å². The van der Waals surface area contributed by atoms with Gasteiger partial charge in [-0.2, -0.15) is 0 Å². The average molecular weight is 298 g/mol. The van der Waals surface area contributed by atoms with Crippen LogP contribution in [0, 0.1) is 6.92 Å². The van der Waals surface area contributed by atoms with Crippen LogP contribution in [-0.4, -0.2) is 17.6 Å². The first kappa shape index (κ1) is 13.8. The number of rotatable bonds is 5. The van der Waals surface area contributed by atoms with Crippen molar-refractivity contribution in [2.24, 2.45) is 0 Å². The number of hydrogen-bond donors (Lipinski definition) is 2. The minimum atomic E-state index is -0.846. The normalized spacial score (nSPS) is 11.4. The zero-order valence-corrected chi connectivity index (χ0v) is 11.5. The van der Waals surface area contributed by atoms with Crippen molar-refractivity contribution in [1.82, 2.24) is 0 Å². The molecule has 0 heterocycles. The van der Waals surface area contributed by atoms with E-state index in [-0.39, 0.29) is 0 Å². The molecule has 0 aliphatic carbocycles. The number of anilines is 1. The SMILES string of the molecule is CC/C(=C/CNc1ccc(Br)cc1C)C(=O)O. The van der Waals surface area contributed by atoms with E-state index in [2.05, 4.69) is 21.2 Å². The molecule has 92 valence electrons. The van der Waals surface area contributed by atoms with E-state index in [0.29, 0.717) is 18.5 Å². The second-order valence-corrected chi connectivity index (χ2v) is 4.64. The second-order valence-electron chi connectivity index (χ2n) is 3.73. The maximum Gasteiger partial charge on any atom is 0.331 e. The largest absolute Gasteiger partial charge is 0.478 e. The summed E-state index contributed by atoms with van der Waals surface area (Å²) >= 11 is 3.40. The molecule has 0 amide bonds. The van der Waals surface area contributed by atoms with Crippen LogP contribution in [0.3, 0.4) is 0 Å². The van der Waals surface area contributed by atoms with Crippen molar-refractivity contribution in [2.45, 2.75) is 20.3 Å². The van der Waals surface area contributed by atoms with Gasteiger partial charge in [-0.05, 0) is 37.1 Å². The summed E-state index contributed by atoms with van der Waals surface area (Å²) in [6.07, 6.45) is 2.25. The Kier molecular flexibility index (Phi) is 5.22. The Morgan fingerprint density at radius 1 is 1.53 bits per heavy atom. The minimum Gasteiger partial charge on any atom is -0.478 e. The van der Waals surface area contributed by atoms with Gasteiger partial charge in [0.1, 0.15) is 0 Å². The van der Waals surface area contributed by atoms with E-state index >= 15 is 0 Å². The molecule has 4 heteroatoms. The third kappa shape index (κ3) is 4.23. The Labute approximate surface area is 110 Å². The molecule has 0 fully saturated rings. The Morgan fingerprint density at radius 2 is 2.24 bits per heavy atom. The third-order valence-electron chi connectivity index (χ3n) is 2.49. The number of aliphatic carboxylic acids is 1. The number of carboxylic acids is 1. The molecule has 1 aromatic carbocycles. The van der Waals surface area contributed by atoms with E-state index in [1.54, 1.807) is 6.08 Å². The van der Waals surface area contributed by atoms with Crippen molar-refractivity contribution in [1.29, 1.82) is 0 Å². The van der Waals surface area contributed by atoms with Gasteiger partial charge in [0.05, 0.1) is 0 Å². The number of carbonyl (C=O) groups is 1. The summed E-state index contributed by atoms with van der Waals surface area (Å²) in [6.45, 7) is 4.37. The van der Waals surface area contributed by atoms with Crippen LogP contribution in [-0.2, 0) is 4.79 Å². The van der Waals surface area contributed by atoms with E-state index in [9.17, 15) is 4.79 Å². The van der Waals surface area contributed by atoms with E-state index in [1.807, 2.05) is 32.0 Å². The molecule has 0 bridgehead atoms. The van der Waals surface area contributed by atoms with Crippen LogP contribution < -0.4 is 5.32 Å². The number of nitrogens with one attached hydrogen (secondary N) is 1. The van der Waals surface area contributed by atoms with Gasteiger partial charge in [-0.3, -0.25) is 0 Å². The second kappa shape index (κ2) is 6.45. The molecule has 17 heavy (non-hydrogen) atoms. The predicted octanol–water partition coefficient (Wildman–Crippen LogP) is 3.59. The average Bonchev–Trinajstić information content (AvgIpc) is 2.26. The highest BCUT2D eigenvalue weighted by molar-refractivity contribution is 9.10. The Bertz CT molecular complexity index is 441. The quantitative estimate of drug-likeness (QED) is 0.817. The van der Waals surface area contributed by atoms with Gasteiger partial charge in [0, 0.05) is 22.3 Å². The summed E-state index contributed by atoms with van der Waals surface area (Å²) in [4.78, 5) is 10.8. The molecule has 0 unspecified atom stereocenters. The molecule has 0 spiro atoms. The number of halogens is 1. The standard InChI is InChI=1S/C13H16BrNO2/c1-3-10(13(16)17)6-7-15-12-5-4-11(14)8-9(12)2/h4-6,8,15H,3,7H2,1-2H3,(H,16,17)/b10-6-. The molecule has 0 saturated heterocycles. The van der Waals surface area contributed by atoms with Crippen molar-refractivity contribution in [3.05, 3.63) is 39.9 Å². The van der Waals surface area contributed by atoms with E-state index in [4.69, 9.17) is 5.11 Å². The fourth-order valence-electron chi connectivity index (χ4n) is 1.49. The number of carboxylic acid groups (broad SMARTS) is 1. The maximum atomic E-state index is 10.8. The highest BCUT2D eigenvalue weighted by atomic mass is 79.9. The summed E-state index contributed by atoms with van der Waals surface area (Å²) in [5.74, 6) is -0.846. The molecule has 0 aliphatic heterocycles. The predicted molar refractivity (Wildman–Crippen MR) is 73.4 cm³/mol. The molecule has 3 nitrogen and oxygen atoms in total. The summed E-state index contributed by atoms with van der Waals surface area (Å²) in [7, 11) is 0. The van der Waals surface area contributed by atoms with Gasteiger partial charge < -0.3 is 10.4 Å². The van der Waals surface area contributed by atoms with Crippen LogP contribution in [0.1, 0.15) is 18.9 Å². The fraction of sp³-hybridized carbons (Fsp3) is 0.308. The fourth-order valence-corrected chi connectivity index (χ4v) is 1.97. The molecule has 0 atom stereocenters. The van der Waals surface area contributed by atoms with Crippen molar-refractivity contribution in [2.75, 3.05) is 11.9 Å². The number of aryl methyl sites for hydroxylation is 1. The van der Waals surface area contributed by atoms with E-state index < -0.39 is 5.97 Å². The van der Waals surface area contributed by atoms with E-state index in [0.717, 1.165) is 15.7 Å². The highest BCUT2D eigenvalue weighted by Gasteiger charge is 2.03. The smallest absolute Gasteiger partial charge is 0.331 e.